The Bertz CT molecular complexity index is 585. The minimum Gasteiger partial charge on any atom is -0.395 e. The molecule has 18 heavy (non-hydrogen) atoms. The molecule has 1 heterocycles. The lowest BCUT2D eigenvalue weighted by molar-refractivity contribution is -0.142. The van der Waals surface area contributed by atoms with E-state index in [1.54, 1.807) is 31.2 Å². The molecule has 2 aromatic rings. The van der Waals surface area contributed by atoms with Crippen LogP contribution in [-0.2, 0) is 6.18 Å². The summed E-state index contributed by atoms with van der Waals surface area (Å²) in [5, 5.41) is 3.88. The highest BCUT2D eigenvalue weighted by atomic mass is 19.4. The van der Waals surface area contributed by atoms with Crippen molar-refractivity contribution in [3.63, 3.8) is 0 Å². The molecule has 2 rings (SSSR count). The third-order valence-corrected chi connectivity index (χ3v) is 2.72. The first kappa shape index (κ1) is 12.5. The Kier molecular flexibility index (Phi) is 2.80. The number of anilines is 1. The molecule has 0 aliphatic carbocycles. The van der Waals surface area contributed by atoms with Crippen molar-refractivity contribution in [2.75, 3.05) is 5.73 Å². The van der Waals surface area contributed by atoms with E-state index in [-0.39, 0.29) is 11.4 Å². The van der Waals surface area contributed by atoms with Gasteiger partial charge in [-0.15, -0.1) is 0 Å². The molecule has 0 aliphatic heterocycles. The first-order chi connectivity index (χ1) is 8.32. The molecular weight excluding hydrogens is 243 g/mol. The zero-order chi connectivity index (χ0) is 13.5. The Balaban J connectivity index is 2.73. The Hall–Kier alpha value is -1.98. The summed E-state index contributed by atoms with van der Waals surface area (Å²) in [4.78, 5) is 0. The number of aromatic nitrogens is 2. The summed E-state index contributed by atoms with van der Waals surface area (Å²) in [7, 11) is 0. The van der Waals surface area contributed by atoms with E-state index in [0.29, 0.717) is 11.3 Å². The molecule has 0 aliphatic rings. The molecule has 1 aromatic carbocycles. The summed E-state index contributed by atoms with van der Waals surface area (Å²) in [5.41, 5.74) is 5.47. The number of rotatable bonds is 1. The highest BCUT2D eigenvalue weighted by Crippen LogP contribution is 2.36. The molecule has 0 saturated carbocycles. The number of nitrogen functional groups attached to an aromatic ring is 1. The molecule has 1 aromatic heterocycles. The van der Waals surface area contributed by atoms with E-state index >= 15 is 0 Å². The van der Waals surface area contributed by atoms with Gasteiger partial charge in [0.1, 0.15) is 0 Å². The number of para-hydroxylation sites is 1. The number of nitrogens with two attached hydrogens (primary N) is 1. The first-order valence-corrected chi connectivity index (χ1v) is 5.30. The van der Waals surface area contributed by atoms with Crippen molar-refractivity contribution in [2.24, 2.45) is 0 Å². The van der Waals surface area contributed by atoms with Crippen molar-refractivity contribution in [3.05, 3.63) is 41.2 Å². The fourth-order valence-corrected chi connectivity index (χ4v) is 1.79. The van der Waals surface area contributed by atoms with E-state index in [9.17, 15) is 13.2 Å². The molecule has 2 N–H and O–H groups in total. The molecule has 0 saturated heterocycles. The molecule has 96 valence electrons. The van der Waals surface area contributed by atoms with Gasteiger partial charge in [-0.2, -0.15) is 18.3 Å². The van der Waals surface area contributed by atoms with Gasteiger partial charge in [0, 0.05) is 0 Å². The van der Waals surface area contributed by atoms with Crippen LogP contribution in [0.1, 0.15) is 17.0 Å². The molecular formula is C12H12F3N3. The molecule has 0 fully saturated rings. The normalized spacial score (nSPS) is 11.8. The van der Waals surface area contributed by atoms with Crippen molar-refractivity contribution in [1.82, 2.24) is 9.78 Å². The Morgan fingerprint density at radius 3 is 2.33 bits per heavy atom. The summed E-state index contributed by atoms with van der Waals surface area (Å²) in [6.45, 7) is 3.18. The van der Waals surface area contributed by atoms with Gasteiger partial charge in [-0.1, -0.05) is 18.2 Å². The molecule has 0 bridgehead atoms. The monoisotopic (exact) mass is 255 g/mol. The van der Waals surface area contributed by atoms with E-state index in [2.05, 4.69) is 5.10 Å². The molecule has 0 spiro atoms. The lowest BCUT2D eigenvalue weighted by atomic mass is 10.2. The van der Waals surface area contributed by atoms with Crippen LogP contribution in [0, 0.1) is 13.8 Å². The van der Waals surface area contributed by atoms with Crippen LogP contribution in [0.5, 0.6) is 0 Å². The minimum atomic E-state index is -4.53. The van der Waals surface area contributed by atoms with Crippen molar-refractivity contribution >= 4 is 5.69 Å². The predicted molar refractivity (Wildman–Crippen MR) is 62.5 cm³/mol. The van der Waals surface area contributed by atoms with Gasteiger partial charge < -0.3 is 5.73 Å². The van der Waals surface area contributed by atoms with Crippen molar-refractivity contribution in [2.45, 2.75) is 20.0 Å². The maximum atomic E-state index is 13.0. The smallest absolute Gasteiger partial charge is 0.395 e. The van der Waals surface area contributed by atoms with Crippen LogP contribution in [-0.4, -0.2) is 9.78 Å². The molecule has 0 atom stereocenters. The Morgan fingerprint density at radius 2 is 1.78 bits per heavy atom. The van der Waals surface area contributed by atoms with Crippen LogP contribution in [0.3, 0.4) is 0 Å². The maximum Gasteiger partial charge on any atom is 0.435 e. The number of aryl methyl sites for hydroxylation is 2. The van der Waals surface area contributed by atoms with E-state index in [4.69, 9.17) is 5.73 Å². The van der Waals surface area contributed by atoms with Gasteiger partial charge >= 0.3 is 6.18 Å². The van der Waals surface area contributed by atoms with Gasteiger partial charge in [0.05, 0.1) is 17.1 Å². The summed E-state index contributed by atoms with van der Waals surface area (Å²) in [6, 6.07) is 6.72. The zero-order valence-corrected chi connectivity index (χ0v) is 9.92. The number of halogens is 3. The van der Waals surface area contributed by atoms with Crippen LogP contribution in [0.4, 0.5) is 18.9 Å². The second kappa shape index (κ2) is 4.04. The van der Waals surface area contributed by atoms with E-state index < -0.39 is 11.9 Å². The Morgan fingerprint density at radius 1 is 1.17 bits per heavy atom. The van der Waals surface area contributed by atoms with Gasteiger partial charge in [-0.05, 0) is 25.5 Å². The lowest BCUT2D eigenvalue weighted by Crippen LogP contribution is -2.15. The van der Waals surface area contributed by atoms with Gasteiger partial charge in [-0.25, -0.2) is 4.68 Å². The molecule has 0 amide bonds. The third kappa shape index (κ3) is 1.94. The maximum absolute atomic E-state index is 13.0. The van der Waals surface area contributed by atoms with E-state index in [1.807, 2.05) is 0 Å². The molecule has 0 unspecified atom stereocenters. The number of alkyl halides is 3. The predicted octanol–water partition coefficient (Wildman–Crippen LogP) is 3.09. The van der Waals surface area contributed by atoms with Crippen molar-refractivity contribution in [1.29, 1.82) is 0 Å². The topological polar surface area (TPSA) is 43.8 Å². The summed E-state index contributed by atoms with van der Waals surface area (Å²) in [6.07, 6.45) is -4.53. The van der Waals surface area contributed by atoms with Gasteiger partial charge in [0.25, 0.3) is 0 Å². The van der Waals surface area contributed by atoms with Gasteiger partial charge in [-0.3, -0.25) is 0 Å². The zero-order valence-electron chi connectivity index (χ0n) is 9.92. The second-order valence-electron chi connectivity index (χ2n) is 4.04. The summed E-state index contributed by atoms with van der Waals surface area (Å²) < 4.78 is 39.9. The van der Waals surface area contributed by atoms with Gasteiger partial charge in [0.15, 0.2) is 5.69 Å². The average molecular weight is 255 g/mol. The van der Waals surface area contributed by atoms with Crippen molar-refractivity contribution in [3.8, 4) is 5.69 Å². The van der Waals surface area contributed by atoms with Crippen LogP contribution < -0.4 is 5.73 Å². The average Bonchev–Trinajstić information content (AvgIpc) is 2.55. The van der Waals surface area contributed by atoms with Crippen LogP contribution in [0.25, 0.3) is 5.69 Å². The molecule has 3 nitrogen and oxygen atoms in total. The SMILES string of the molecule is Cc1ccccc1-n1nc(C)c(N)c1C(F)(F)F. The Labute approximate surface area is 102 Å². The standard InChI is InChI=1S/C12H12F3N3/c1-7-5-3-4-6-9(7)18-11(12(13,14)15)10(16)8(2)17-18/h3-6H,16H2,1-2H3. The summed E-state index contributed by atoms with van der Waals surface area (Å²) in [5.74, 6) is 0. The quantitative estimate of drug-likeness (QED) is 0.851. The highest BCUT2D eigenvalue weighted by molar-refractivity contribution is 5.54. The minimum absolute atomic E-state index is 0.172. The first-order valence-electron chi connectivity index (χ1n) is 5.30. The number of hydrogen-bond donors (Lipinski definition) is 1. The number of benzene rings is 1. The highest BCUT2D eigenvalue weighted by Gasteiger charge is 2.39. The second-order valence-corrected chi connectivity index (χ2v) is 4.04. The van der Waals surface area contributed by atoms with Crippen LogP contribution >= 0.6 is 0 Å². The van der Waals surface area contributed by atoms with Crippen molar-refractivity contribution < 1.29 is 13.2 Å². The fourth-order valence-electron chi connectivity index (χ4n) is 1.79. The summed E-state index contributed by atoms with van der Waals surface area (Å²) >= 11 is 0. The number of hydrogen-bond acceptors (Lipinski definition) is 2. The van der Waals surface area contributed by atoms with Gasteiger partial charge in [0.2, 0.25) is 0 Å². The number of nitrogens with zero attached hydrogens (tertiary/aromatic N) is 2. The third-order valence-electron chi connectivity index (χ3n) is 2.72. The lowest BCUT2D eigenvalue weighted by Gasteiger charge is -2.12. The van der Waals surface area contributed by atoms with Crippen LogP contribution in [0.2, 0.25) is 0 Å². The molecule has 6 heteroatoms. The molecule has 0 radical (unpaired) electrons. The largest absolute Gasteiger partial charge is 0.435 e. The fraction of sp³-hybridized carbons (Fsp3) is 0.250. The van der Waals surface area contributed by atoms with Crippen LogP contribution in [0.15, 0.2) is 24.3 Å². The van der Waals surface area contributed by atoms with E-state index in [0.717, 1.165) is 4.68 Å². The van der Waals surface area contributed by atoms with E-state index in [1.165, 1.54) is 6.92 Å².